The summed E-state index contributed by atoms with van der Waals surface area (Å²) in [5, 5.41) is 9.93. The van der Waals surface area contributed by atoms with Crippen LogP contribution in [0.5, 0.6) is 0 Å². The van der Waals surface area contributed by atoms with E-state index in [0.29, 0.717) is 13.0 Å². The molecule has 100 valence electrons. The first-order chi connectivity index (χ1) is 7.69. The molecule has 0 aromatic rings. The van der Waals surface area contributed by atoms with Crippen molar-refractivity contribution < 1.29 is 14.3 Å². The van der Waals surface area contributed by atoms with E-state index in [0.717, 1.165) is 0 Å². The standard InChI is InChI=1S/C13H26O3Si/c1-7-8-10(14)12-11(16-12)9-15-17(5,6)13(2,3)4/h7,10-12,14H,1,8-9H2,2-6H3/t10-,11+,12+/m1/s1. The van der Waals surface area contributed by atoms with Gasteiger partial charge in [-0.05, 0) is 24.6 Å². The Labute approximate surface area is 106 Å². The Bertz CT molecular complexity index is 270. The lowest BCUT2D eigenvalue weighted by Crippen LogP contribution is -2.42. The Morgan fingerprint density at radius 2 is 2.06 bits per heavy atom. The van der Waals surface area contributed by atoms with Gasteiger partial charge in [-0.2, -0.15) is 0 Å². The Balaban J connectivity index is 2.33. The highest BCUT2D eigenvalue weighted by Crippen LogP contribution is 2.38. The predicted octanol–water partition coefficient (Wildman–Crippen LogP) is 2.71. The normalized spacial score (nSPS) is 26.7. The summed E-state index contributed by atoms with van der Waals surface area (Å²) in [6, 6.07) is 0. The molecule has 17 heavy (non-hydrogen) atoms. The van der Waals surface area contributed by atoms with Gasteiger partial charge < -0.3 is 14.3 Å². The molecule has 3 nitrogen and oxygen atoms in total. The summed E-state index contributed by atoms with van der Waals surface area (Å²) in [7, 11) is -1.69. The first-order valence-corrected chi connectivity index (χ1v) is 9.18. The number of aliphatic hydroxyl groups is 1. The van der Waals surface area contributed by atoms with E-state index >= 15 is 0 Å². The van der Waals surface area contributed by atoms with Crippen LogP contribution in [0, 0.1) is 0 Å². The number of epoxide rings is 1. The summed E-state index contributed by atoms with van der Waals surface area (Å²) in [6.45, 7) is 15.3. The third kappa shape index (κ3) is 3.91. The van der Waals surface area contributed by atoms with Gasteiger partial charge in [0.2, 0.25) is 0 Å². The maximum absolute atomic E-state index is 9.71. The van der Waals surface area contributed by atoms with Crippen molar-refractivity contribution in [3.05, 3.63) is 12.7 Å². The van der Waals surface area contributed by atoms with Crippen LogP contribution in [0.15, 0.2) is 12.7 Å². The van der Waals surface area contributed by atoms with Gasteiger partial charge in [-0.1, -0.05) is 26.8 Å². The second kappa shape index (κ2) is 5.22. The molecule has 1 aliphatic heterocycles. The molecule has 3 atom stereocenters. The fraction of sp³-hybridized carbons (Fsp3) is 0.846. The molecule has 0 saturated carbocycles. The fourth-order valence-corrected chi connectivity index (χ4v) is 2.45. The minimum atomic E-state index is -1.69. The topological polar surface area (TPSA) is 42.0 Å². The molecule has 0 amide bonds. The van der Waals surface area contributed by atoms with Crippen molar-refractivity contribution in [2.75, 3.05) is 6.61 Å². The lowest BCUT2D eigenvalue weighted by Gasteiger charge is -2.36. The molecular weight excluding hydrogens is 232 g/mol. The Hall–Kier alpha value is -0.163. The minimum Gasteiger partial charge on any atom is -0.414 e. The average molecular weight is 258 g/mol. The Morgan fingerprint density at radius 3 is 2.53 bits per heavy atom. The van der Waals surface area contributed by atoms with Gasteiger partial charge in [0.15, 0.2) is 8.32 Å². The summed E-state index contributed by atoms with van der Waals surface area (Å²) in [5.41, 5.74) is 0. The summed E-state index contributed by atoms with van der Waals surface area (Å²) in [4.78, 5) is 0. The molecule has 1 heterocycles. The second-order valence-corrected chi connectivity index (χ2v) is 11.1. The first-order valence-electron chi connectivity index (χ1n) is 6.27. The van der Waals surface area contributed by atoms with Crippen LogP contribution in [0.1, 0.15) is 27.2 Å². The molecule has 0 aromatic carbocycles. The highest BCUT2D eigenvalue weighted by molar-refractivity contribution is 6.74. The van der Waals surface area contributed by atoms with Crippen molar-refractivity contribution in [2.24, 2.45) is 0 Å². The molecule has 1 saturated heterocycles. The molecule has 1 N–H and O–H groups in total. The maximum atomic E-state index is 9.71. The molecule has 0 radical (unpaired) electrons. The molecule has 0 spiro atoms. The van der Waals surface area contributed by atoms with Crippen LogP contribution < -0.4 is 0 Å². The van der Waals surface area contributed by atoms with Gasteiger partial charge in [0.05, 0.1) is 12.7 Å². The van der Waals surface area contributed by atoms with Crippen LogP contribution in [0.2, 0.25) is 18.1 Å². The zero-order valence-electron chi connectivity index (χ0n) is 11.7. The van der Waals surface area contributed by atoms with Gasteiger partial charge in [-0.15, -0.1) is 6.58 Å². The smallest absolute Gasteiger partial charge is 0.192 e. The monoisotopic (exact) mass is 258 g/mol. The van der Waals surface area contributed by atoms with Gasteiger partial charge >= 0.3 is 0 Å². The molecule has 1 fully saturated rings. The molecule has 0 bridgehead atoms. The molecular formula is C13H26O3Si. The van der Waals surface area contributed by atoms with Crippen LogP contribution in [-0.2, 0) is 9.16 Å². The van der Waals surface area contributed by atoms with Crippen molar-refractivity contribution in [3.63, 3.8) is 0 Å². The number of ether oxygens (including phenoxy) is 1. The van der Waals surface area contributed by atoms with Crippen molar-refractivity contribution in [3.8, 4) is 0 Å². The molecule has 1 rings (SSSR count). The van der Waals surface area contributed by atoms with Gasteiger partial charge in [0.1, 0.15) is 12.2 Å². The lowest BCUT2D eigenvalue weighted by molar-refractivity contribution is 0.138. The zero-order chi connectivity index (χ0) is 13.3. The average Bonchev–Trinajstić information content (AvgIpc) is 2.92. The van der Waals surface area contributed by atoms with E-state index in [1.54, 1.807) is 6.08 Å². The lowest BCUT2D eigenvalue weighted by atomic mass is 10.1. The zero-order valence-corrected chi connectivity index (χ0v) is 12.7. The number of hydrogen-bond acceptors (Lipinski definition) is 3. The summed E-state index contributed by atoms with van der Waals surface area (Å²) in [5.74, 6) is 0. The van der Waals surface area contributed by atoms with Crippen LogP contribution >= 0.6 is 0 Å². The third-order valence-electron chi connectivity index (χ3n) is 3.82. The largest absolute Gasteiger partial charge is 0.414 e. The Morgan fingerprint density at radius 1 is 1.47 bits per heavy atom. The molecule has 4 heteroatoms. The van der Waals surface area contributed by atoms with Crippen LogP contribution in [0.4, 0.5) is 0 Å². The minimum absolute atomic E-state index is 0.0576. The van der Waals surface area contributed by atoms with Gasteiger partial charge in [-0.25, -0.2) is 0 Å². The molecule has 0 aromatic heterocycles. The van der Waals surface area contributed by atoms with Gasteiger partial charge in [0, 0.05) is 0 Å². The summed E-state index contributed by atoms with van der Waals surface area (Å²) < 4.78 is 11.5. The molecule has 1 aliphatic rings. The second-order valence-electron chi connectivity index (χ2n) is 6.30. The van der Waals surface area contributed by atoms with Crippen molar-refractivity contribution in [2.45, 2.75) is 63.6 Å². The van der Waals surface area contributed by atoms with Crippen LogP contribution in [0.3, 0.4) is 0 Å². The SMILES string of the molecule is C=CC[C@@H](O)[C@@H]1O[C@H]1CO[Si](C)(C)C(C)(C)C. The van der Waals surface area contributed by atoms with Crippen molar-refractivity contribution in [1.82, 2.24) is 0 Å². The van der Waals surface area contributed by atoms with Crippen LogP contribution in [0.25, 0.3) is 0 Å². The molecule has 0 aliphatic carbocycles. The van der Waals surface area contributed by atoms with Crippen molar-refractivity contribution >= 4 is 8.32 Å². The van der Waals surface area contributed by atoms with E-state index in [2.05, 4.69) is 40.4 Å². The highest BCUT2D eigenvalue weighted by Gasteiger charge is 2.46. The maximum Gasteiger partial charge on any atom is 0.192 e. The van der Waals surface area contributed by atoms with E-state index in [1.807, 2.05) is 0 Å². The Kier molecular flexibility index (Phi) is 4.58. The fourth-order valence-electron chi connectivity index (χ4n) is 1.44. The third-order valence-corrected chi connectivity index (χ3v) is 8.32. The summed E-state index contributed by atoms with van der Waals surface area (Å²) >= 11 is 0. The predicted molar refractivity (Wildman–Crippen MR) is 72.6 cm³/mol. The number of hydrogen-bond donors (Lipinski definition) is 1. The van der Waals surface area contributed by atoms with Gasteiger partial charge in [0.25, 0.3) is 0 Å². The molecule has 0 unspecified atom stereocenters. The number of aliphatic hydroxyl groups excluding tert-OH is 1. The van der Waals surface area contributed by atoms with E-state index in [1.165, 1.54) is 0 Å². The van der Waals surface area contributed by atoms with Crippen molar-refractivity contribution in [1.29, 1.82) is 0 Å². The summed E-state index contributed by atoms with van der Waals surface area (Å²) in [6.07, 6.45) is 1.89. The highest BCUT2D eigenvalue weighted by atomic mass is 28.4. The first kappa shape index (κ1) is 14.9. The van der Waals surface area contributed by atoms with Crippen LogP contribution in [-0.4, -0.2) is 38.3 Å². The quantitative estimate of drug-likeness (QED) is 0.452. The van der Waals surface area contributed by atoms with E-state index in [4.69, 9.17) is 9.16 Å². The van der Waals surface area contributed by atoms with E-state index < -0.39 is 14.4 Å². The van der Waals surface area contributed by atoms with Gasteiger partial charge in [-0.3, -0.25) is 0 Å². The van der Waals surface area contributed by atoms with E-state index in [-0.39, 0.29) is 17.2 Å². The van der Waals surface area contributed by atoms with E-state index in [9.17, 15) is 5.11 Å². The number of rotatable bonds is 6.